The maximum atomic E-state index is 13.1. The van der Waals surface area contributed by atoms with Gasteiger partial charge >= 0.3 is 0 Å². The molecule has 114 valence electrons. The Morgan fingerprint density at radius 2 is 1.91 bits per heavy atom. The smallest absolute Gasteiger partial charge is 0.231 e. The fourth-order valence-corrected chi connectivity index (χ4v) is 3.15. The molecule has 0 heterocycles. The van der Waals surface area contributed by atoms with Crippen molar-refractivity contribution in [3.05, 3.63) is 69.9 Å². The van der Waals surface area contributed by atoms with Crippen LogP contribution in [0.15, 0.2) is 53.0 Å². The predicted molar refractivity (Wildman–Crippen MR) is 88.0 cm³/mol. The van der Waals surface area contributed by atoms with E-state index in [0.717, 1.165) is 28.4 Å². The zero-order valence-corrected chi connectivity index (χ0v) is 13.9. The van der Waals surface area contributed by atoms with Crippen molar-refractivity contribution in [3.8, 4) is 0 Å². The number of carbonyl (C=O) groups excluding carboxylic acids is 1. The summed E-state index contributed by atoms with van der Waals surface area (Å²) >= 11 is 3.44. The lowest BCUT2D eigenvalue weighted by molar-refractivity contribution is -0.124. The van der Waals surface area contributed by atoms with E-state index in [9.17, 15) is 9.18 Å². The van der Waals surface area contributed by atoms with E-state index in [4.69, 9.17) is 0 Å². The van der Waals surface area contributed by atoms with Crippen LogP contribution < -0.4 is 5.32 Å². The summed E-state index contributed by atoms with van der Waals surface area (Å²) in [6, 6.07) is 14.1. The molecule has 1 aliphatic carbocycles. The van der Waals surface area contributed by atoms with E-state index in [1.54, 1.807) is 12.1 Å². The molecule has 0 bridgehead atoms. The molecule has 0 spiro atoms. The van der Waals surface area contributed by atoms with Gasteiger partial charge in [0.05, 0.1) is 11.5 Å². The molecule has 1 unspecified atom stereocenters. The molecule has 1 aliphatic rings. The van der Waals surface area contributed by atoms with Crippen LogP contribution in [0, 0.1) is 5.82 Å². The van der Waals surface area contributed by atoms with Gasteiger partial charge in [-0.3, -0.25) is 4.79 Å². The summed E-state index contributed by atoms with van der Waals surface area (Å²) in [5.74, 6) is -0.256. The first-order valence-corrected chi connectivity index (χ1v) is 8.13. The lowest BCUT2D eigenvalue weighted by Gasteiger charge is -2.20. The van der Waals surface area contributed by atoms with Gasteiger partial charge in [0.2, 0.25) is 5.91 Å². The molecular weight excluding hydrogens is 345 g/mol. The summed E-state index contributed by atoms with van der Waals surface area (Å²) in [5.41, 5.74) is 1.47. The van der Waals surface area contributed by atoms with Gasteiger partial charge in [0.1, 0.15) is 5.82 Å². The minimum absolute atomic E-state index is 0.0200. The first-order valence-electron chi connectivity index (χ1n) is 7.34. The van der Waals surface area contributed by atoms with Crippen LogP contribution in [0.25, 0.3) is 0 Å². The number of hydrogen-bond donors (Lipinski definition) is 1. The molecule has 2 aromatic carbocycles. The van der Waals surface area contributed by atoms with Crippen LogP contribution in [0.2, 0.25) is 0 Å². The van der Waals surface area contributed by atoms with Gasteiger partial charge in [0, 0.05) is 4.47 Å². The summed E-state index contributed by atoms with van der Waals surface area (Å²) in [7, 11) is 0. The summed E-state index contributed by atoms with van der Waals surface area (Å²) in [6.45, 7) is 1.97. The Labute approximate surface area is 137 Å². The summed E-state index contributed by atoms with van der Waals surface area (Å²) < 4.78 is 14.1. The lowest BCUT2D eigenvalue weighted by Crippen LogP contribution is -2.36. The molecule has 0 aromatic heterocycles. The summed E-state index contributed by atoms with van der Waals surface area (Å²) in [4.78, 5) is 12.7. The number of amides is 1. The first kappa shape index (κ1) is 15.2. The Hall–Kier alpha value is -1.68. The zero-order valence-electron chi connectivity index (χ0n) is 12.3. The van der Waals surface area contributed by atoms with Crippen LogP contribution in [-0.4, -0.2) is 5.91 Å². The van der Waals surface area contributed by atoms with Gasteiger partial charge in [-0.25, -0.2) is 4.39 Å². The van der Waals surface area contributed by atoms with Crippen molar-refractivity contribution in [2.45, 2.75) is 31.2 Å². The van der Waals surface area contributed by atoms with Crippen LogP contribution in [0.1, 0.15) is 36.9 Å². The normalized spacial score (nSPS) is 16.9. The van der Waals surface area contributed by atoms with Crippen molar-refractivity contribution >= 4 is 21.8 Å². The van der Waals surface area contributed by atoms with Gasteiger partial charge in [0.25, 0.3) is 0 Å². The van der Waals surface area contributed by atoms with Gasteiger partial charge in [-0.05, 0) is 55.2 Å². The molecule has 1 saturated carbocycles. The minimum Gasteiger partial charge on any atom is -0.349 e. The number of benzene rings is 2. The van der Waals surface area contributed by atoms with E-state index in [1.165, 1.54) is 12.1 Å². The van der Waals surface area contributed by atoms with Crippen molar-refractivity contribution in [3.63, 3.8) is 0 Å². The molecule has 1 atom stereocenters. The van der Waals surface area contributed by atoms with E-state index < -0.39 is 5.41 Å². The third-order valence-corrected chi connectivity index (χ3v) is 4.77. The van der Waals surface area contributed by atoms with Crippen molar-refractivity contribution in [1.82, 2.24) is 5.32 Å². The van der Waals surface area contributed by atoms with E-state index >= 15 is 0 Å². The summed E-state index contributed by atoms with van der Waals surface area (Å²) in [6.07, 6.45) is 1.63. The second kappa shape index (κ2) is 5.84. The second-order valence-corrected chi connectivity index (χ2v) is 6.75. The largest absolute Gasteiger partial charge is 0.349 e. The van der Waals surface area contributed by atoms with Crippen molar-refractivity contribution in [2.24, 2.45) is 0 Å². The van der Waals surface area contributed by atoms with Crippen molar-refractivity contribution in [2.75, 3.05) is 0 Å². The van der Waals surface area contributed by atoms with Crippen molar-refractivity contribution in [1.29, 1.82) is 0 Å². The molecule has 0 saturated heterocycles. The van der Waals surface area contributed by atoms with Gasteiger partial charge in [0.15, 0.2) is 0 Å². The van der Waals surface area contributed by atoms with Crippen LogP contribution in [0.5, 0.6) is 0 Å². The third kappa shape index (κ3) is 2.93. The van der Waals surface area contributed by atoms with Crippen LogP contribution in [0.3, 0.4) is 0 Å². The average molecular weight is 362 g/mol. The number of carbonyl (C=O) groups is 1. The Morgan fingerprint density at radius 1 is 1.23 bits per heavy atom. The Morgan fingerprint density at radius 3 is 2.50 bits per heavy atom. The first-order chi connectivity index (χ1) is 10.5. The van der Waals surface area contributed by atoms with E-state index in [-0.39, 0.29) is 17.8 Å². The summed E-state index contributed by atoms with van der Waals surface area (Å²) in [5, 5.41) is 3.09. The van der Waals surface area contributed by atoms with Gasteiger partial charge < -0.3 is 5.32 Å². The quantitative estimate of drug-likeness (QED) is 0.853. The molecular formula is C18H17BrFNO. The van der Waals surface area contributed by atoms with Crippen molar-refractivity contribution < 1.29 is 9.18 Å². The maximum absolute atomic E-state index is 13.1. The molecule has 2 aromatic rings. The average Bonchev–Trinajstić information content (AvgIpc) is 3.29. The SMILES string of the molecule is CC(NC(=O)C1(c2ccc(F)cc2)CC1)c1cccc(Br)c1. The highest BCUT2D eigenvalue weighted by atomic mass is 79.9. The van der Waals surface area contributed by atoms with Gasteiger partial charge in [-0.2, -0.15) is 0 Å². The highest BCUT2D eigenvalue weighted by Crippen LogP contribution is 2.48. The number of halogens is 2. The van der Waals surface area contributed by atoms with E-state index in [2.05, 4.69) is 21.2 Å². The standard InChI is InChI=1S/C18H17BrFNO/c1-12(13-3-2-4-15(19)11-13)21-17(22)18(9-10-18)14-5-7-16(20)8-6-14/h2-8,11-12H,9-10H2,1H3,(H,21,22). The maximum Gasteiger partial charge on any atom is 0.231 e. The highest BCUT2D eigenvalue weighted by Gasteiger charge is 2.51. The van der Waals surface area contributed by atoms with Crippen LogP contribution >= 0.6 is 15.9 Å². The predicted octanol–water partition coefficient (Wildman–Crippen LogP) is 4.50. The molecule has 1 amide bonds. The molecule has 22 heavy (non-hydrogen) atoms. The van der Waals surface area contributed by atoms with Gasteiger partial charge in [-0.1, -0.05) is 40.2 Å². The zero-order chi connectivity index (χ0) is 15.7. The monoisotopic (exact) mass is 361 g/mol. The number of hydrogen-bond acceptors (Lipinski definition) is 1. The fraction of sp³-hybridized carbons (Fsp3) is 0.278. The lowest BCUT2D eigenvalue weighted by atomic mass is 9.94. The minimum atomic E-state index is -0.478. The third-order valence-electron chi connectivity index (χ3n) is 4.28. The van der Waals surface area contributed by atoms with E-state index in [0.29, 0.717) is 0 Å². The second-order valence-electron chi connectivity index (χ2n) is 5.84. The number of nitrogens with one attached hydrogen (secondary N) is 1. The van der Waals surface area contributed by atoms with Gasteiger partial charge in [-0.15, -0.1) is 0 Å². The Balaban J connectivity index is 1.75. The van der Waals surface area contributed by atoms with E-state index in [1.807, 2.05) is 31.2 Å². The molecule has 1 N–H and O–H groups in total. The Bertz CT molecular complexity index is 694. The molecule has 1 fully saturated rings. The topological polar surface area (TPSA) is 29.1 Å². The Kier molecular flexibility index (Phi) is 4.04. The van der Waals surface area contributed by atoms with Crippen LogP contribution in [-0.2, 0) is 10.2 Å². The molecule has 2 nitrogen and oxygen atoms in total. The molecule has 0 aliphatic heterocycles. The molecule has 3 rings (SSSR count). The number of rotatable bonds is 4. The fourth-order valence-electron chi connectivity index (χ4n) is 2.73. The molecule has 4 heteroatoms. The molecule has 0 radical (unpaired) electrons. The highest BCUT2D eigenvalue weighted by molar-refractivity contribution is 9.10. The van der Waals surface area contributed by atoms with Crippen LogP contribution in [0.4, 0.5) is 4.39 Å².